The van der Waals surface area contributed by atoms with Crippen molar-refractivity contribution in [2.45, 2.75) is 26.2 Å². The van der Waals surface area contributed by atoms with E-state index in [1.54, 1.807) is 13.3 Å². The first kappa shape index (κ1) is 15.8. The maximum absolute atomic E-state index is 11.9. The molecular formula is C16H25N3O2. The van der Waals surface area contributed by atoms with E-state index in [1.165, 1.54) is 19.3 Å². The van der Waals surface area contributed by atoms with Gasteiger partial charge in [-0.25, -0.2) is 4.98 Å². The lowest BCUT2D eigenvalue weighted by molar-refractivity contribution is 0.0937. The number of hydrogen-bond donors (Lipinski definition) is 1. The van der Waals surface area contributed by atoms with E-state index < -0.39 is 0 Å². The number of hydrogen-bond acceptors (Lipinski definition) is 4. The van der Waals surface area contributed by atoms with Crippen LogP contribution in [0.1, 0.15) is 36.5 Å². The Morgan fingerprint density at radius 2 is 2.29 bits per heavy atom. The summed E-state index contributed by atoms with van der Waals surface area (Å²) in [4.78, 5) is 18.7. The van der Waals surface area contributed by atoms with Crippen LogP contribution in [0.25, 0.3) is 0 Å². The summed E-state index contributed by atoms with van der Waals surface area (Å²) in [7, 11) is 1.62. The van der Waals surface area contributed by atoms with Crippen LogP contribution in [-0.2, 0) is 4.74 Å². The maximum Gasteiger partial charge on any atom is 0.252 e. The Balaban J connectivity index is 1.93. The van der Waals surface area contributed by atoms with E-state index in [0.29, 0.717) is 18.7 Å². The van der Waals surface area contributed by atoms with Crippen molar-refractivity contribution in [3.05, 3.63) is 23.9 Å². The van der Waals surface area contributed by atoms with Crippen LogP contribution < -0.4 is 10.2 Å². The molecule has 116 valence electrons. The first-order chi connectivity index (χ1) is 10.2. The molecule has 2 rings (SSSR count). The van der Waals surface area contributed by atoms with Crippen molar-refractivity contribution in [2.75, 3.05) is 38.3 Å². The van der Waals surface area contributed by atoms with E-state index >= 15 is 0 Å². The molecule has 0 saturated carbocycles. The number of rotatable bonds is 5. The van der Waals surface area contributed by atoms with E-state index in [1.807, 2.05) is 12.1 Å². The average Bonchev–Trinajstić information content (AvgIpc) is 2.72. The minimum atomic E-state index is -0.101. The van der Waals surface area contributed by atoms with Gasteiger partial charge in [0.15, 0.2) is 0 Å². The zero-order valence-electron chi connectivity index (χ0n) is 13.0. The smallest absolute Gasteiger partial charge is 0.252 e. The Morgan fingerprint density at radius 3 is 3.00 bits per heavy atom. The van der Waals surface area contributed by atoms with Crippen LogP contribution in [0.15, 0.2) is 18.3 Å². The maximum atomic E-state index is 11.9. The van der Waals surface area contributed by atoms with E-state index in [4.69, 9.17) is 4.74 Å². The molecule has 1 fully saturated rings. The lowest BCUT2D eigenvalue weighted by Gasteiger charge is -2.21. The van der Waals surface area contributed by atoms with Crippen molar-refractivity contribution in [2.24, 2.45) is 5.92 Å². The van der Waals surface area contributed by atoms with Gasteiger partial charge in [0, 0.05) is 32.9 Å². The molecule has 5 heteroatoms. The standard InChI is InChI=1S/C16H25N3O2/c1-13-4-3-9-19(10-7-13)15-6-5-14(12-18-15)16(20)17-8-11-21-2/h5-6,12-13H,3-4,7-11H2,1-2H3,(H,17,20). The SMILES string of the molecule is COCCNC(=O)c1ccc(N2CCCC(C)CC2)nc1. The van der Waals surface area contributed by atoms with Crippen LogP contribution >= 0.6 is 0 Å². The van der Waals surface area contributed by atoms with Gasteiger partial charge in [0.05, 0.1) is 12.2 Å². The predicted octanol–water partition coefficient (Wildman–Crippen LogP) is 2.08. The van der Waals surface area contributed by atoms with Gasteiger partial charge in [-0.05, 0) is 37.3 Å². The van der Waals surface area contributed by atoms with Crippen molar-refractivity contribution in [1.29, 1.82) is 0 Å². The van der Waals surface area contributed by atoms with Crippen LogP contribution in [0.5, 0.6) is 0 Å². The molecule has 2 heterocycles. The first-order valence-electron chi connectivity index (χ1n) is 7.69. The van der Waals surface area contributed by atoms with Crippen LogP contribution in [0, 0.1) is 5.92 Å². The van der Waals surface area contributed by atoms with Gasteiger partial charge >= 0.3 is 0 Å². The number of carbonyl (C=O) groups is 1. The highest BCUT2D eigenvalue weighted by molar-refractivity contribution is 5.94. The largest absolute Gasteiger partial charge is 0.383 e. The highest BCUT2D eigenvalue weighted by atomic mass is 16.5. The van der Waals surface area contributed by atoms with E-state index in [2.05, 4.69) is 22.1 Å². The summed E-state index contributed by atoms with van der Waals surface area (Å²) < 4.78 is 4.91. The van der Waals surface area contributed by atoms with Crippen molar-refractivity contribution >= 4 is 11.7 Å². The molecule has 0 radical (unpaired) electrons. The molecule has 1 aliphatic rings. The van der Waals surface area contributed by atoms with Crippen LogP contribution in [-0.4, -0.2) is 44.2 Å². The molecule has 1 unspecified atom stereocenters. The molecule has 1 N–H and O–H groups in total. The minimum absolute atomic E-state index is 0.101. The number of nitrogens with one attached hydrogen (secondary N) is 1. The van der Waals surface area contributed by atoms with Gasteiger partial charge < -0.3 is 15.0 Å². The number of amides is 1. The van der Waals surface area contributed by atoms with E-state index in [0.717, 1.165) is 24.8 Å². The molecule has 0 aromatic carbocycles. The molecule has 5 nitrogen and oxygen atoms in total. The molecule has 1 aliphatic heterocycles. The Morgan fingerprint density at radius 1 is 1.43 bits per heavy atom. The summed E-state index contributed by atoms with van der Waals surface area (Å²) in [5.74, 6) is 1.66. The molecule has 1 aromatic heterocycles. The van der Waals surface area contributed by atoms with Crippen molar-refractivity contribution < 1.29 is 9.53 Å². The normalized spacial score (nSPS) is 19.1. The molecule has 21 heavy (non-hydrogen) atoms. The summed E-state index contributed by atoms with van der Waals surface area (Å²) >= 11 is 0. The Bertz CT molecular complexity index is 447. The summed E-state index contributed by atoms with van der Waals surface area (Å²) in [6.45, 7) is 5.44. The zero-order chi connectivity index (χ0) is 15.1. The molecule has 0 bridgehead atoms. The van der Waals surface area contributed by atoms with Crippen LogP contribution in [0.3, 0.4) is 0 Å². The second kappa shape index (κ2) is 7.98. The summed E-state index contributed by atoms with van der Waals surface area (Å²) in [6, 6.07) is 3.79. The Hall–Kier alpha value is -1.62. The van der Waals surface area contributed by atoms with Crippen molar-refractivity contribution in [3.63, 3.8) is 0 Å². The van der Waals surface area contributed by atoms with Gasteiger partial charge in [-0.3, -0.25) is 4.79 Å². The van der Waals surface area contributed by atoms with Gasteiger partial charge in [-0.15, -0.1) is 0 Å². The molecular weight excluding hydrogens is 266 g/mol. The molecule has 1 atom stereocenters. The molecule has 0 aliphatic carbocycles. The number of methoxy groups -OCH3 is 1. The zero-order valence-corrected chi connectivity index (χ0v) is 13.0. The summed E-state index contributed by atoms with van der Waals surface area (Å²) in [5.41, 5.74) is 0.595. The van der Waals surface area contributed by atoms with Crippen LogP contribution in [0.4, 0.5) is 5.82 Å². The van der Waals surface area contributed by atoms with Gasteiger partial charge in [0.2, 0.25) is 0 Å². The summed E-state index contributed by atoms with van der Waals surface area (Å²) in [5, 5.41) is 2.80. The average molecular weight is 291 g/mol. The number of nitrogens with zero attached hydrogens (tertiary/aromatic N) is 2. The number of aromatic nitrogens is 1. The molecule has 1 saturated heterocycles. The number of pyridine rings is 1. The second-order valence-electron chi connectivity index (χ2n) is 5.68. The van der Waals surface area contributed by atoms with Crippen LogP contribution in [0.2, 0.25) is 0 Å². The number of anilines is 1. The van der Waals surface area contributed by atoms with Gasteiger partial charge in [0.1, 0.15) is 5.82 Å². The third-order valence-electron chi connectivity index (χ3n) is 3.94. The summed E-state index contributed by atoms with van der Waals surface area (Å²) in [6.07, 6.45) is 5.37. The highest BCUT2D eigenvalue weighted by Gasteiger charge is 2.15. The Labute approximate surface area is 126 Å². The topological polar surface area (TPSA) is 54.5 Å². The van der Waals surface area contributed by atoms with Crippen molar-refractivity contribution in [1.82, 2.24) is 10.3 Å². The van der Waals surface area contributed by atoms with E-state index in [9.17, 15) is 4.79 Å². The third kappa shape index (κ3) is 4.70. The molecule has 1 amide bonds. The number of ether oxygens (including phenoxy) is 1. The minimum Gasteiger partial charge on any atom is -0.383 e. The van der Waals surface area contributed by atoms with Gasteiger partial charge in [0.25, 0.3) is 5.91 Å². The predicted molar refractivity (Wildman–Crippen MR) is 83.7 cm³/mol. The molecule has 1 aromatic rings. The first-order valence-corrected chi connectivity index (χ1v) is 7.69. The van der Waals surface area contributed by atoms with Crippen molar-refractivity contribution in [3.8, 4) is 0 Å². The fourth-order valence-corrected chi connectivity index (χ4v) is 2.57. The Kier molecular flexibility index (Phi) is 5.99. The fraction of sp³-hybridized carbons (Fsp3) is 0.625. The van der Waals surface area contributed by atoms with E-state index in [-0.39, 0.29) is 5.91 Å². The van der Waals surface area contributed by atoms with Gasteiger partial charge in [-0.2, -0.15) is 0 Å². The number of carbonyl (C=O) groups excluding carboxylic acids is 1. The lowest BCUT2D eigenvalue weighted by atomic mass is 10.0. The quantitative estimate of drug-likeness (QED) is 0.844. The third-order valence-corrected chi connectivity index (χ3v) is 3.94. The van der Waals surface area contributed by atoms with Gasteiger partial charge in [-0.1, -0.05) is 6.92 Å². The fourth-order valence-electron chi connectivity index (χ4n) is 2.57. The molecule has 0 spiro atoms. The monoisotopic (exact) mass is 291 g/mol. The highest BCUT2D eigenvalue weighted by Crippen LogP contribution is 2.20. The lowest BCUT2D eigenvalue weighted by Crippen LogP contribution is -2.28. The second-order valence-corrected chi connectivity index (χ2v) is 5.68.